The second-order valence-electron chi connectivity index (χ2n) is 5.66. The molecule has 0 unspecified atom stereocenters. The Morgan fingerprint density at radius 1 is 0.607 bits per heavy atom. The first kappa shape index (κ1) is 22.2. The summed E-state index contributed by atoms with van der Waals surface area (Å²) in [6.45, 7) is 2.17. The summed E-state index contributed by atoms with van der Waals surface area (Å²) in [4.78, 5) is 18.0. The number of aliphatic carboxylic acids is 2. The van der Waals surface area contributed by atoms with E-state index in [2.05, 4.69) is 0 Å². The second kappa shape index (κ2) is 11.0. The van der Waals surface area contributed by atoms with E-state index in [1.807, 2.05) is 60.7 Å². The molecule has 0 radical (unpaired) electrons. The number of rotatable bonds is 2. The average molecular weight is 382 g/mol. The molecule has 3 aromatic carbocycles. The van der Waals surface area contributed by atoms with Gasteiger partial charge in [-0.3, -0.25) is 9.59 Å². The standard InChI is InChI=1S/C18H14O2.2C2H4O2/c19-17-12-16(14-9-5-2-6-10-14)18(20)11-15(17)13-7-3-1-4-8-13;2*1-2(3)4/h1-12,19-20H;2*1H3,(H,3,4). The van der Waals surface area contributed by atoms with Crippen LogP contribution in [-0.2, 0) is 9.59 Å². The highest BCUT2D eigenvalue weighted by Crippen LogP contribution is 2.39. The maximum Gasteiger partial charge on any atom is 0.300 e. The highest BCUT2D eigenvalue weighted by Gasteiger charge is 2.11. The molecule has 0 aliphatic carbocycles. The lowest BCUT2D eigenvalue weighted by Crippen LogP contribution is -1.83. The number of phenolic OH excluding ortho intramolecular Hbond substituents is 2. The molecule has 3 rings (SSSR count). The van der Waals surface area contributed by atoms with Gasteiger partial charge in [0.15, 0.2) is 0 Å². The largest absolute Gasteiger partial charge is 0.507 e. The van der Waals surface area contributed by atoms with Gasteiger partial charge in [-0.25, -0.2) is 0 Å². The maximum atomic E-state index is 10.2. The fraction of sp³-hybridized carbons (Fsp3) is 0.0909. The molecule has 0 saturated heterocycles. The Hall–Kier alpha value is -3.80. The Balaban J connectivity index is 0.000000420. The van der Waals surface area contributed by atoms with Crippen molar-refractivity contribution in [3.8, 4) is 33.8 Å². The van der Waals surface area contributed by atoms with Gasteiger partial charge in [-0.1, -0.05) is 60.7 Å². The molecule has 0 spiro atoms. The molecule has 0 atom stereocenters. The summed E-state index contributed by atoms with van der Waals surface area (Å²) in [7, 11) is 0. The summed E-state index contributed by atoms with van der Waals surface area (Å²) >= 11 is 0. The quantitative estimate of drug-likeness (QED) is 0.481. The van der Waals surface area contributed by atoms with Crippen LogP contribution in [0, 0.1) is 0 Å². The Bertz CT molecular complexity index is 820. The Kier molecular flexibility index (Phi) is 8.76. The summed E-state index contributed by atoms with van der Waals surface area (Å²) in [5, 5.41) is 35.3. The minimum atomic E-state index is -0.833. The third-order valence-corrected chi connectivity index (χ3v) is 3.28. The van der Waals surface area contributed by atoms with E-state index in [9.17, 15) is 10.2 Å². The fourth-order valence-corrected chi connectivity index (χ4v) is 2.27. The maximum absolute atomic E-state index is 10.2. The van der Waals surface area contributed by atoms with Crippen molar-refractivity contribution < 1.29 is 30.0 Å². The van der Waals surface area contributed by atoms with Gasteiger partial charge in [0.1, 0.15) is 11.5 Å². The van der Waals surface area contributed by atoms with Crippen LogP contribution in [-0.4, -0.2) is 32.4 Å². The number of carboxylic acid groups (broad SMARTS) is 2. The summed E-state index contributed by atoms with van der Waals surface area (Å²) < 4.78 is 0. The van der Waals surface area contributed by atoms with Crippen LogP contribution >= 0.6 is 0 Å². The lowest BCUT2D eigenvalue weighted by molar-refractivity contribution is -0.135. The summed E-state index contributed by atoms with van der Waals surface area (Å²) in [5.74, 6) is -1.35. The fourth-order valence-electron chi connectivity index (χ4n) is 2.27. The van der Waals surface area contributed by atoms with Gasteiger partial charge >= 0.3 is 0 Å². The third-order valence-electron chi connectivity index (χ3n) is 3.28. The molecular formula is C22H22O6. The molecule has 0 fully saturated rings. The molecule has 0 aromatic heterocycles. The monoisotopic (exact) mass is 382 g/mol. The number of carbonyl (C=O) groups is 2. The molecule has 0 heterocycles. The van der Waals surface area contributed by atoms with Crippen LogP contribution in [0.3, 0.4) is 0 Å². The number of carboxylic acids is 2. The van der Waals surface area contributed by atoms with E-state index in [1.165, 1.54) is 0 Å². The molecule has 0 amide bonds. The van der Waals surface area contributed by atoms with Gasteiger partial charge in [0.2, 0.25) is 0 Å². The number of phenols is 2. The van der Waals surface area contributed by atoms with Gasteiger partial charge in [0.25, 0.3) is 11.9 Å². The molecule has 4 N–H and O–H groups in total. The molecule has 0 bridgehead atoms. The van der Waals surface area contributed by atoms with Gasteiger partial charge in [-0.05, 0) is 23.3 Å². The molecule has 0 aliphatic rings. The van der Waals surface area contributed by atoms with Crippen molar-refractivity contribution in [1.82, 2.24) is 0 Å². The lowest BCUT2D eigenvalue weighted by atomic mass is 9.98. The number of hydrogen-bond donors (Lipinski definition) is 4. The molecule has 28 heavy (non-hydrogen) atoms. The van der Waals surface area contributed by atoms with E-state index < -0.39 is 11.9 Å². The molecule has 6 heteroatoms. The normalized spacial score (nSPS) is 9.21. The topological polar surface area (TPSA) is 115 Å². The predicted molar refractivity (Wildman–Crippen MR) is 107 cm³/mol. The van der Waals surface area contributed by atoms with E-state index in [1.54, 1.807) is 12.1 Å². The van der Waals surface area contributed by atoms with Crippen molar-refractivity contribution >= 4 is 11.9 Å². The highest BCUT2D eigenvalue weighted by atomic mass is 16.4. The van der Waals surface area contributed by atoms with Crippen LogP contribution in [0.5, 0.6) is 11.5 Å². The minimum Gasteiger partial charge on any atom is -0.507 e. The average Bonchev–Trinajstić information content (AvgIpc) is 2.64. The van der Waals surface area contributed by atoms with Crippen molar-refractivity contribution in [3.63, 3.8) is 0 Å². The smallest absolute Gasteiger partial charge is 0.300 e. The molecule has 146 valence electrons. The van der Waals surface area contributed by atoms with Crippen LogP contribution in [0.1, 0.15) is 13.8 Å². The lowest BCUT2D eigenvalue weighted by Gasteiger charge is -2.10. The van der Waals surface area contributed by atoms with Crippen molar-refractivity contribution in [3.05, 3.63) is 72.8 Å². The van der Waals surface area contributed by atoms with Gasteiger partial charge in [-0.15, -0.1) is 0 Å². The predicted octanol–water partition coefficient (Wildman–Crippen LogP) is 4.61. The molecular weight excluding hydrogens is 360 g/mol. The van der Waals surface area contributed by atoms with Gasteiger partial charge < -0.3 is 20.4 Å². The zero-order valence-corrected chi connectivity index (χ0v) is 15.5. The van der Waals surface area contributed by atoms with E-state index in [0.29, 0.717) is 11.1 Å². The van der Waals surface area contributed by atoms with E-state index in [-0.39, 0.29) is 11.5 Å². The third kappa shape index (κ3) is 7.61. The first-order chi connectivity index (χ1) is 13.2. The van der Waals surface area contributed by atoms with Gasteiger partial charge in [-0.2, -0.15) is 0 Å². The Labute approximate surface area is 163 Å². The molecule has 0 saturated carbocycles. The van der Waals surface area contributed by atoms with Crippen LogP contribution in [0.15, 0.2) is 72.8 Å². The molecule has 3 aromatic rings. The van der Waals surface area contributed by atoms with Gasteiger partial charge in [0.05, 0.1) is 0 Å². The highest BCUT2D eigenvalue weighted by molar-refractivity contribution is 5.80. The van der Waals surface area contributed by atoms with Crippen LogP contribution < -0.4 is 0 Å². The van der Waals surface area contributed by atoms with Crippen LogP contribution in [0.2, 0.25) is 0 Å². The molecule has 0 aliphatic heterocycles. The van der Waals surface area contributed by atoms with Crippen molar-refractivity contribution in [1.29, 1.82) is 0 Å². The minimum absolute atomic E-state index is 0.160. The van der Waals surface area contributed by atoms with E-state index >= 15 is 0 Å². The number of benzene rings is 3. The molecule has 6 nitrogen and oxygen atoms in total. The first-order valence-electron chi connectivity index (χ1n) is 8.28. The summed E-state index contributed by atoms with van der Waals surface area (Å²) in [6, 6.07) is 22.2. The SMILES string of the molecule is CC(=O)O.CC(=O)O.Oc1cc(-c2ccccc2)c(O)cc1-c1ccccc1. The van der Waals surface area contributed by atoms with Crippen molar-refractivity contribution in [2.75, 3.05) is 0 Å². The Morgan fingerprint density at radius 3 is 1.11 bits per heavy atom. The van der Waals surface area contributed by atoms with Crippen LogP contribution in [0.25, 0.3) is 22.3 Å². The van der Waals surface area contributed by atoms with E-state index in [4.69, 9.17) is 19.8 Å². The zero-order valence-electron chi connectivity index (χ0n) is 15.5. The number of hydrogen-bond acceptors (Lipinski definition) is 4. The van der Waals surface area contributed by atoms with E-state index in [0.717, 1.165) is 25.0 Å². The second-order valence-corrected chi connectivity index (χ2v) is 5.66. The van der Waals surface area contributed by atoms with Crippen LogP contribution in [0.4, 0.5) is 0 Å². The zero-order chi connectivity index (χ0) is 21.1. The summed E-state index contributed by atoms with van der Waals surface area (Å²) in [5.41, 5.74) is 3.00. The Morgan fingerprint density at radius 2 is 0.857 bits per heavy atom. The summed E-state index contributed by atoms with van der Waals surface area (Å²) in [6.07, 6.45) is 0. The van der Waals surface area contributed by atoms with Crippen molar-refractivity contribution in [2.24, 2.45) is 0 Å². The number of aromatic hydroxyl groups is 2. The first-order valence-corrected chi connectivity index (χ1v) is 8.28. The van der Waals surface area contributed by atoms with Crippen molar-refractivity contribution in [2.45, 2.75) is 13.8 Å². The van der Waals surface area contributed by atoms with Gasteiger partial charge in [0, 0.05) is 25.0 Å².